The number of aliphatic hydroxyl groups excluding tert-OH is 2. The van der Waals surface area contributed by atoms with Crippen molar-refractivity contribution in [2.45, 2.75) is 76.6 Å². The molecule has 0 aliphatic rings. The molecule has 5 rings (SSSR count). The number of hydrogen-bond donors (Lipinski definition) is 3. The zero-order valence-electron chi connectivity index (χ0n) is 34.4. The van der Waals surface area contributed by atoms with Crippen LogP contribution in [0.5, 0.6) is 28.7 Å². The summed E-state index contributed by atoms with van der Waals surface area (Å²) in [6, 6.07) is 19.7. The highest BCUT2D eigenvalue weighted by Crippen LogP contribution is 2.47. The van der Waals surface area contributed by atoms with Crippen molar-refractivity contribution in [3.05, 3.63) is 132 Å². The fourth-order valence-corrected chi connectivity index (χ4v) is 14.4. The van der Waals surface area contributed by atoms with Crippen molar-refractivity contribution in [3.8, 4) is 28.7 Å². The first-order valence-corrected chi connectivity index (χ1v) is 27.7. The Kier molecular flexibility index (Phi) is 19.3. The molecule has 0 radical (unpaired) electrons. The summed E-state index contributed by atoms with van der Waals surface area (Å²) in [5.74, 6) is 2.48. The van der Waals surface area contributed by atoms with Gasteiger partial charge in [0.2, 0.25) is 0 Å². The maximum absolute atomic E-state index is 11.2. The van der Waals surface area contributed by atoms with E-state index in [1.165, 1.54) is 0 Å². The lowest BCUT2D eigenvalue weighted by Gasteiger charge is -2.32. The molecule has 0 saturated carbocycles. The maximum Gasteiger partial charge on any atom is 0.148 e. The second-order valence-corrected chi connectivity index (χ2v) is 25.8. The fourth-order valence-electron chi connectivity index (χ4n) is 6.59. The fraction of sp³-hybridized carbons (Fsp3) is 0.333. The summed E-state index contributed by atoms with van der Waals surface area (Å²) in [5, 5.41) is 32.2. The van der Waals surface area contributed by atoms with Gasteiger partial charge in [0.25, 0.3) is 0 Å². The first-order valence-electron chi connectivity index (χ1n) is 19.0. The molecule has 63 heavy (non-hydrogen) atoms. The van der Waals surface area contributed by atoms with Gasteiger partial charge < -0.3 is 34.3 Å². The molecule has 0 aliphatic heterocycles. The van der Waals surface area contributed by atoms with Crippen LogP contribution in [-0.2, 0) is 10.8 Å². The number of ether oxygens (including phenoxy) is 4. The summed E-state index contributed by atoms with van der Waals surface area (Å²) in [4.78, 5) is 0. The lowest BCUT2D eigenvalue weighted by atomic mass is 9.78. The molecule has 2 unspecified atom stereocenters. The third-order valence-electron chi connectivity index (χ3n) is 10.2. The zero-order valence-corrected chi connectivity index (χ0v) is 51.8. The van der Waals surface area contributed by atoms with Crippen LogP contribution < -0.4 is 18.9 Å². The number of halogens is 11. The van der Waals surface area contributed by atoms with Gasteiger partial charge in [0.05, 0.1) is 50.8 Å². The average Bonchev–Trinajstić information content (AvgIpc) is 3.16. The van der Waals surface area contributed by atoms with E-state index in [2.05, 4.69) is 203 Å². The Morgan fingerprint density at radius 1 is 0.413 bits per heavy atom. The number of benzene rings is 5. The number of aromatic hydroxyl groups is 1. The van der Waals surface area contributed by atoms with Crippen LogP contribution in [0.2, 0.25) is 0 Å². The molecule has 340 valence electrons. The van der Waals surface area contributed by atoms with E-state index in [1.54, 1.807) is 0 Å². The van der Waals surface area contributed by atoms with Gasteiger partial charge in [-0.15, -0.1) is 0 Å². The highest BCUT2D eigenvalue weighted by Gasteiger charge is 2.32. The number of phenols is 1. The van der Waals surface area contributed by atoms with Crippen LogP contribution >= 0.6 is 175 Å². The van der Waals surface area contributed by atoms with Crippen LogP contribution in [0.1, 0.15) is 70.2 Å². The minimum absolute atomic E-state index is 0.0105. The summed E-state index contributed by atoms with van der Waals surface area (Å²) >= 11 is 39.7. The largest absolute Gasteiger partial charge is 0.506 e. The smallest absolute Gasteiger partial charge is 0.148 e. The van der Waals surface area contributed by atoms with Crippen LogP contribution in [-0.4, -0.2) is 52.9 Å². The Morgan fingerprint density at radius 3 is 1.02 bits per heavy atom. The highest BCUT2D eigenvalue weighted by atomic mass is 79.9. The van der Waals surface area contributed by atoms with Gasteiger partial charge in [-0.25, -0.2) is 0 Å². The predicted octanol–water partition coefficient (Wildman–Crippen LogP) is 17.2. The van der Waals surface area contributed by atoms with E-state index in [0.29, 0.717) is 31.9 Å². The topological polar surface area (TPSA) is 97.6 Å². The lowest BCUT2D eigenvalue weighted by Crippen LogP contribution is -2.35. The molecule has 5 aromatic rings. The maximum atomic E-state index is 11.2. The van der Waals surface area contributed by atoms with Crippen molar-refractivity contribution in [3.63, 3.8) is 0 Å². The molecular weight excluding hydrogens is 1530 g/mol. The Bertz CT molecular complexity index is 2380. The van der Waals surface area contributed by atoms with Crippen molar-refractivity contribution in [2.75, 3.05) is 19.8 Å². The molecule has 0 amide bonds. The normalized spacial score (nSPS) is 13.2. The monoisotopic (exact) mass is 1560 g/mol. The molecular formula is C45H41Br11O7. The molecule has 3 N–H and O–H groups in total. The quantitative estimate of drug-likeness (QED) is 0.0853. The summed E-state index contributed by atoms with van der Waals surface area (Å²) in [7, 11) is 0. The van der Waals surface area contributed by atoms with Gasteiger partial charge >= 0.3 is 0 Å². The van der Waals surface area contributed by atoms with Gasteiger partial charge in [-0.2, -0.15) is 0 Å². The second-order valence-electron chi connectivity index (χ2n) is 16.4. The Balaban J connectivity index is 1.21. The number of phenolic OH excluding ortho intramolecular Hbond substituents is 1. The zero-order chi connectivity index (χ0) is 46.9. The third-order valence-corrected chi connectivity index (χ3v) is 16.6. The lowest BCUT2D eigenvalue weighted by molar-refractivity contribution is 0.0164. The van der Waals surface area contributed by atoms with Crippen molar-refractivity contribution >= 4 is 175 Å². The summed E-state index contributed by atoms with van der Waals surface area (Å²) < 4.78 is 32.7. The molecule has 7 nitrogen and oxygen atoms in total. The molecule has 0 heterocycles. The van der Waals surface area contributed by atoms with Crippen molar-refractivity contribution in [1.29, 1.82) is 0 Å². The average molecular weight is 1570 g/mol. The molecule has 0 bridgehead atoms. The van der Waals surface area contributed by atoms with Crippen LogP contribution in [0.25, 0.3) is 0 Å². The summed E-state index contributed by atoms with van der Waals surface area (Å²) in [5.41, 5.74) is 2.36. The van der Waals surface area contributed by atoms with E-state index in [4.69, 9.17) is 18.9 Å². The molecule has 0 aliphatic carbocycles. The number of aliphatic hydroxyl groups is 2. The van der Waals surface area contributed by atoms with E-state index in [-0.39, 0.29) is 32.0 Å². The van der Waals surface area contributed by atoms with E-state index >= 15 is 0 Å². The van der Waals surface area contributed by atoms with Crippen LogP contribution in [0.3, 0.4) is 0 Å². The van der Waals surface area contributed by atoms with Gasteiger partial charge in [-0.05, 0) is 256 Å². The van der Waals surface area contributed by atoms with Gasteiger partial charge in [-0.3, -0.25) is 0 Å². The second kappa shape index (κ2) is 22.4. The first-order chi connectivity index (χ1) is 29.2. The van der Waals surface area contributed by atoms with Crippen LogP contribution in [0.4, 0.5) is 0 Å². The van der Waals surface area contributed by atoms with Crippen molar-refractivity contribution in [1.82, 2.24) is 0 Å². The SMILES string of the molecule is CC(C)(CC(O)COc1c(Br)cc(C(C)(C)c2cc(Br)c(O)c(Br)c2)cc1Br)Oc1c(Br)cc(C(C)(C)c2cc(Br)c(OCC(O)COc3c(Br)cc(Br)cc3Br)c(Br)c2)cc1Br. The van der Waals surface area contributed by atoms with Crippen molar-refractivity contribution < 1.29 is 34.3 Å². The molecule has 18 heteroatoms. The van der Waals surface area contributed by atoms with E-state index in [1.807, 2.05) is 74.5 Å². The molecule has 0 aromatic heterocycles. The van der Waals surface area contributed by atoms with E-state index in [0.717, 1.165) is 62.5 Å². The third kappa shape index (κ3) is 13.5. The van der Waals surface area contributed by atoms with E-state index in [9.17, 15) is 15.3 Å². The Morgan fingerprint density at radius 2 is 0.683 bits per heavy atom. The summed E-state index contributed by atoms with van der Waals surface area (Å²) in [6.45, 7) is 12.4. The molecule has 0 saturated heterocycles. The first kappa shape index (κ1) is 54.2. The van der Waals surface area contributed by atoms with Crippen molar-refractivity contribution in [2.24, 2.45) is 0 Å². The minimum Gasteiger partial charge on any atom is -0.506 e. The number of hydrogen-bond acceptors (Lipinski definition) is 7. The molecule has 0 spiro atoms. The van der Waals surface area contributed by atoms with Gasteiger partial charge in [-0.1, -0.05) is 43.6 Å². The highest BCUT2D eigenvalue weighted by molar-refractivity contribution is 9.12. The summed E-state index contributed by atoms with van der Waals surface area (Å²) in [6.07, 6.45) is -1.46. The number of rotatable bonds is 17. The molecule has 2 atom stereocenters. The Labute approximate surface area is 461 Å². The predicted molar refractivity (Wildman–Crippen MR) is 291 cm³/mol. The minimum atomic E-state index is -0.892. The molecule has 5 aromatic carbocycles. The van der Waals surface area contributed by atoms with Gasteiger partial charge in [0.1, 0.15) is 60.3 Å². The van der Waals surface area contributed by atoms with Gasteiger partial charge in [0.15, 0.2) is 0 Å². The van der Waals surface area contributed by atoms with Crippen LogP contribution in [0.15, 0.2) is 110 Å². The standard InChI is InChI=1S/C45H41Br11O7/c1-43(2,17-26(57)18-60-39-30(49)9-22(10-31(39)50)44(3,4)21-7-28(47)38(59)29(48)8-21)63-42-34(53)13-24(14-35(42)54)45(5,6)23-11-32(51)40(33(52)12-23)61-19-27(58)20-62-41-36(55)15-25(46)16-37(41)56/h7-16,26-27,57-59H,17-20H2,1-6H3. The van der Waals surface area contributed by atoms with Crippen LogP contribution in [0, 0.1) is 0 Å². The van der Waals surface area contributed by atoms with E-state index < -0.39 is 28.6 Å². The van der Waals surface area contributed by atoms with Gasteiger partial charge in [0, 0.05) is 21.7 Å². The Hall–Kier alpha value is 0.300. The molecule has 0 fully saturated rings.